The number of sulfonamides is 1. The van der Waals surface area contributed by atoms with Gasteiger partial charge in [0.2, 0.25) is 10.0 Å². The molecule has 0 aliphatic rings. The van der Waals surface area contributed by atoms with Gasteiger partial charge in [-0.15, -0.1) is 24.0 Å². The average Bonchev–Trinajstić information content (AvgIpc) is 3.12. The van der Waals surface area contributed by atoms with Crippen LogP contribution in [0.4, 0.5) is 4.39 Å². The lowest BCUT2D eigenvalue weighted by Gasteiger charge is -2.17. The van der Waals surface area contributed by atoms with Gasteiger partial charge in [-0.1, -0.05) is 18.2 Å². The fourth-order valence-electron chi connectivity index (χ4n) is 3.17. The highest BCUT2D eigenvalue weighted by molar-refractivity contribution is 14.0. The van der Waals surface area contributed by atoms with Gasteiger partial charge in [-0.3, -0.25) is 4.99 Å². The van der Waals surface area contributed by atoms with Crippen LogP contribution >= 0.6 is 24.0 Å². The number of aliphatic imine (C=N–C) groups is 1. The number of aromatic amines is 1. The van der Waals surface area contributed by atoms with Gasteiger partial charge < -0.3 is 15.6 Å². The third-order valence-electron chi connectivity index (χ3n) is 4.82. The third kappa shape index (κ3) is 5.95. The van der Waals surface area contributed by atoms with Crippen LogP contribution in [-0.2, 0) is 23.0 Å². The standard InChI is InChI=1S/C21H26FN5O2S.HI/c1-23-21(24-11-10-15-13-25-19-9-8-17(22)12-18(15)19)26-14-16-6-4-5-7-20(16)30(28,29)27(2)3;/h4-9,12-13,25H,10-11,14H2,1-3H3,(H2,23,24,26);1H. The van der Waals surface area contributed by atoms with Gasteiger partial charge in [0.25, 0.3) is 0 Å². The number of benzene rings is 2. The molecule has 0 unspecified atom stereocenters. The van der Waals surface area contributed by atoms with E-state index < -0.39 is 10.0 Å². The summed E-state index contributed by atoms with van der Waals surface area (Å²) >= 11 is 0. The van der Waals surface area contributed by atoms with Crippen molar-refractivity contribution in [3.05, 3.63) is 65.6 Å². The zero-order valence-electron chi connectivity index (χ0n) is 17.6. The number of fused-ring (bicyclic) bond motifs is 1. The molecule has 0 amide bonds. The van der Waals surface area contributed by atoms with Gasteiger partial charge in [0.05, 0.1) is 4.90 Å². The normalized spacial score (nSPS) is 12.1. The molecule has 3 N–H and O–H groups in total. The Morgan fingerprint density at radius 3 is 2.58 bits per heavy atom. The molecule has 0 radical (unpaired) electrons. The molecule has 0 aliphatic heterocycles. The van der Waals surface area contributed by atoms with Gasteiger partial charge in [0.1, 0.15) is 5.82 Å². The van der Waals surface area contributed by atoms with Crippen molar-refractivity contribution < 1.29 is 12.8 Å². The Hall–Kier alpha value is -2.18. The number of nitrogens with zero attached hydrogens (tertiary/aromatic N) is 2. The number of guanidine groups is 1. The molecule has 31 heavy (non-hydrogen) atoms. The van der Waals surface area contributed by atoms with E-state index in [0.29, 0.717) is 31.0 Å². The van der Waals surface area contributed by atoms with Crippen LogP contribution < -0.4 is 10.6 Å². The van der Waals surface area contributed by atoms with Crippen LogP contribution in [0.3, 0.4) is 0 Å². The highest BCUT2D eigenvalue weighted by atomic mass is 127. The maximum atomic E-state index is 13.5. The number of rotatable bonds is 7. The average molecular weight is 559 g/mol. The predicted molar refractivity (Wildman–Crippen MR) is 133 cm³/mol. The Balaban J connectivity index is 0.00000341. The van der Waals surface area contributed by atoms with E-state index >= 15 is 0 Å². The molecule has 0 bridgehead atoms. The fourth-order valence-corrected chi connectivity index (χ4v) is 4.29. The van der Waals surface area contributed by atoms with Gasteiger partial charge >= 0.3 is 0 Å². The minimum Gasteiger partial charge on any atom is -0.361 e. The molecule has 3 aromatic rings. The summed E-state index contributed by atoms with van der Waals surface area (Å²) < 4.78 is 39.8. The minimum absolute atomic E-state index is 0. The molecule has 3 rings (SSSR count). The van der Waals surface area contributed by atoms with Gasteiger partial charge in [-0.05, 0) is 41.8 Å². The Morgan fingerprint density at radius 2 is 1.87 bits per heavy atom. The fraction of sp³-hybridized carbons (Fsp3) is 0.286. The van der Waals surface area contributed by atoms with Crippen molar-refractivity contribution in [2.45, 2.75) is 17.9 Å². The zero-order valence-corrected chi connectivity index (χ0v) is 20.8. The lowest BCUT2D eigenvalue weighted by Crippen LogP contribution is -2.38. The van der Waals surface area contributed by atoms with Gasteiger partial charge in [-0.2, -0.15) is 0 Å². The van der Waals surface area contributed by atoms with Crippen molar-refractivity contribution in [3.8, 4) is 0 Å². The molecule has 0 fully saturated rings. The van der Waals surface area contributed by atoms with E-state index in [1.54, 1.807) is 37.4 Å². The number of hydrogen-bond acceptors (Lipinski definition) is 3. The summed E-state index contributed by atoms with van der Waals surface area (Å²) in [4.78, 5) is 7.60. The van der Waals surface area contributed by atoms with Crippen LogP contribution in [0.2, 0.25) is 0 Å². The monoisotopic (exact) mass is 559 g/mol. The molecule has 0 saturated carbocycles. The molecule has 0 aliphatic carbocycles. The van der Waals surface area contributed by atoms with Gasteiger partial charge in [-0.25, -0.2) is 17.1 Å². The molecule has 168 valence electrons. The van der Waals surface area contributed by atoms with Crippen LogP contribution in [0.25, 0.3) is 10.9 Å². The molecule has 0 spiro atoms. The van der Waals surface area contributed by atoms with E-state index in [1.807, 2.05) is 6.20 Å². The summed E-state index contributed by atoms with van der Waals surface area (Å²) in [6.07, 6.45) is 2.56. The molecule has 0 atom stereocenters. The lowest BCUT2D eigenvalue weighted by molar-refractivity contribution is 0.519. The second kappa shape index (κ2) is 10.9. The Morgan fingerprint density at radius 1 is 1.13 bits per heavy atom. The molecular weight excluding hydrogens is 532 g/mol. The second-order valence-corrected chi connectivity index (χ2v) is 9.12. The molecule has 1 heterocycles. The largest absolute Gasteiger partial charge is 0.361 e. The second-order valence-electron chi connectivity index (χ2n) is 7.00. The van der Waals surface area contributed by atoms with Crippen LogP contribution in [0.1, 0.15) is 11.1 Å². The van der Waals surface area contributed by atoms with E-state index in [4.69, 9.17) is 0 Å². The number of aromatic nitrogens is 1. The summed E-state index contributed by atoms with van der Waals surface area (Å²) in [5.41, 5.74) is 2.56. The van der Waals surface area contributed by atoms with E-state index in [1.165, 1.54) is 30.5 Å². The van der Waals surface area contributed by atoms with E-state index in [-0.39, 0.29) is 34.7 Å². The van der Waals surface area contributed by atoms with Crippen molar-refractivity contribution in [1.29, 1.82) is 0 Å². The third-order valence-corrected chi connectivity index (χ3v) is 6.73. The topological polar surface area (TPSA) is 89.6 Å². The Kier molecular flexibility index (Phi) is 8.83. The number of halogens is 2. The van der Waals surface area contributed by atoms with E-state index in [9.17, 15) is 12.8 Å². The summed E-state index contributed by atoms with van der Waals surface area (Å²) in [5, 5.41) is 7.22. The van der Waals surface area contributed by atoms with Crippen molar-refractivity contribution in [2.75, 3.05) is 27.7 Å². The van der Waals surface area contributed by atoms with Gasteiger partial charge in [0, 0.05) is 51.3 Å². The summed E-state index contributed by atoms with van der Waals surface area (Å²) in [7, 11) is 1.14. The Labute approximate surface area is 199 Å². The molecule has 0 saturated heterocycles. The summed E-state index contributed by atoms with van der Waals surface area (Å²) in [6, 6.07) is 11.6. The Bertz CT molecular complexity index is 1160. The first kappa shape index (κ1) is 25.1. The van der Waals surface area contributed by atoms with Gasteiger partial charge in [0.15, 0.2) is 5.96 Å². The highest BCUT2D eigenvalue weighted by Crippen LogP contribution is 2.20. The van der Waals surface area contributed by atoms with Crippen LogP contribution in [0.5, 0.6) is 0 Å². The zero-order chi connectivity index (χ0) is 21.7. The van der Waals surface area contributed by atoms with Crippen molar-refractivity contribution in [3.63, 3.8) is 0 Å². The van der Waals surface area contributed by atoms with E-state index in [2.05, 4.69) is 20.6 Å². The predicted octanol–water partition coefficient (Wildman–Crippen LogP) is 3.08. The minimum atomic E-state index is -3.53. The maximum absolute atomic E-state index is 13.5. The molecule has 2 aromatic carbocycles. The van der Waals surface area contributed by atoms with Crippen LogP contribution in [0, 0.1) is 5.82 Å². The maximum Gasteiger partial charge on any atom is 0.242 e. The first-order valence-corrected chi connectivity index (χ1v) is 11.0. The van der Waals surface area contributed by atoms with Crippen LogP contribution in [-0.4, -0.2) is 51.4 Å². The first-order chi connectivity index (χ1) is 14.3. The number of hydrogen-bond donors (Lipinski definition) is 3. The molecule has 1 aromatic heterocycles. The lowest BCUT2D eigenvalue weighted by atomic mass is 10.1. The summed E-state index contributed by atoms with van der Waals surface area (Å²) in [6.45, 7) is 0.891. The molecular formula is C21H27FIN5O2S. The highest BCUT2D eigenvalue weighted by Gasteiger charge is 2.20. The number of nitrogens with one attached hydrogen (secondary N) is 3. The molecule has 7 nitrogen and oxygen atoms in total. The molecule has 10 heteroatoms. The van der Waals surface area contributed by atoms with E-state index in [0.717, 1.165) is 16.5 Å². The quantitative estimate of drug-likeness (QED) is 0.236. The SMILES string of the molecule is CN=C(NCCc1c[nH]c2ccc(F)cc12)NCc1ccccc1S(=O)(=O)N(C)C.I. The van der Waals surface area contributed by atoms with Crippen molar-refractivity contribution >= 4 is 50.9 Å². The van der Waals surface area contributed by atoms with Crippen molar-refractivity contribution in [2.24, 2.45) is 4.99 Å². The summed E-state index contributed by atoms with van der Waals surface area (Å²) in [5.74, 6) is 0.290. The number of H-pyrrole nitrogens is 1. The van der Waals surface area contributed by atoms with Crippen LogP contribution in [0.15, 0.2) is 58.5 Å². The smallest absolute Gasteiger partial charge is 0.242 e. The van der Waals surface area contributed by atoms with Crippen molar-refractivity contribution in [1.82, 2.24) is 19.9 Å². The first-order valence-electron chi connectivity index (χ1n) is 9.53.